The molecule has 0 heterocycles. The van der Waals surface area contributed by atoms with Gasteiger partial charge in [0, 0.05) is 18.6 Å². The summed E-state index contributed by atoms with van der Waals surface area (Å²) in [6.07, 6.45) is 0.273. The van der Waals surface area contributed by atoms with Crippen LogP contribution in [-0.4, -0.2) is 18.0 Å². The van der Waals surface area contributed by atoms with Crippen LogP contribution in [0.25, 0.3) is 0 Å². The van der Waals surface area contributed by atoms with Crippen LogP contribution in [-0.2, 0) is 28.1 Å². The molecule has 3 N–H and O–H groups in total. The Labute approximate surface area is 94.7 Å². The topological polar surface area (TPSA) is 72.2 Å². The second-order valence-corrected chi connectivity index (χ2v) is 3.16. The Morgan fingerprint density at radius 1 is 1.50 bits per heavy atom. The summed E-state index contributed by atoms with van der Waals surface area (Å²) in [6, 6.07) is -2.61. The Bertz CT molecular complexity index is 200. The quantitative estimate of drug-likeness (QED) is 0.530. The fourth-order valence-corrected chi connectivity index (χ4v) is 0.900. The number of nitrogens with two attached hydrogens (primary N) is 1. The predicted molar refractivity (Wildman–Crippen MR) is 46.0 cm³/mol. The largest absolute Gasteiger partial charge is 0.460 e. The van der Waals surface area contributed by atoms with Crippen LogP contribution in [0.3, 0.4) is 0 Å². The smallest absolute Gasteiger partial charge is 0.323 e. The molecule has 14 heavy (non-hydrogen) atoms. The molecule has 1 amide bonds. The average Bonchev–Trinajstić information content (AvgIpc) is 2.02. The molecule has 0 fully saturated rings. The summed E-state index contributed by atoms with van der Waals surface area (Å²) in [4.78, 5) is 21.1. The van der Waals surface area contributed by atoms with Crippen molar-refractivity contribution >= 4 is 11.9 Å². The van der Waals surface area contributed by atoms with E-state index in [1.807, 2.05) is 13.8 Å². The van der Waals surface area contributed by atoms with Gasteiger partial charge in [0.05, 0.1) is 5.91 Å². The molecular weight excluding hydrogens is 226 g/mol. The summed E-state index contributed by atoms with van der Waals surface area (Å²) < 4.78 is 12.3. The second kappa shape index (κ2) is 7.85. The number of carbonyl (C=O) groups is 2. The van der Waals surface area contributed by atoms with Crippen LogP contribution in [0.15, 0.2) is 0 Å². The Balaban J connectivity index is 0. The average molecular weight is 240 g/mol. The normalized spacial score (nSPS) is 11.5. The number of halogens is 1. The molecule has 81 valence electrons. The molecule has 0 saturated heterocycles. The fraction of sp³-hybridized carbons (Fsp3) is 0.625. The van der Waals surface area contributed by atoms with Crippen LogP contribution < -0.4 is 11.1 Å². The first kappa shape index (κ1) is 15.9. The van der Waals surface area contributed by atoms with E-state index in [2.05, 4.69) is 5.32 Å². The molecule has 1 unspecified atom stereocenters. The van der Waals surface area contributed by atoms with E-state index in [1.165, 1.54) is 0 Å². The molecule has 0 spiro atoms. The maximum absolute atomic E-state index is 12.3. The Hall–Kier alpha value is -0.516. The SMILES string of the molecule is CC(C)CC(NC(=O)[CH-]N)C(=O)F.[V]. The van der Waals surface area contributed by atoms with Crippen LogP contribution in [0.5, 0.6) is 0 Å². The minimum atomic E-state index is -1.54. The number of nitrogens with one attached hydrogen (secondary N) is 1. The van der Waals surface area contributed by atoms with Crippen molar-refractivity contribution in [3.63, 3.8) is 0 Å². The van der Waals surface area contributed by atoms with Crippen molar-refractivity contribution in [3.8, 4) is 0 Å². The summed E-state index contributed by atoms with van der Waals surface area (Å²) >= 11 is 0. The molecule has 1 atom stereocenters. The van der Waals surface area contributed by atoms with Gasteiger partial charge in [-0.3, -0.25) is 4.79 Å². The number of hydrogen-bond donors (Lipinski definition) is 2. The summed E-state index contributed by atoms with van der Waals surface area (Å²) in [5.74, 6) is -0.514. The molecule has 4 nitrogen and oxygen atoms in total. The molecule has 0 bridgehead atoms. The van der Waals surface area contributed by atoms with Crippen LogP contribution in [0.2, 0.25) is 0 Å². The molecular formula is C8H14FN2O2V-. The maximum Gasteiger partial charge on any atom is 0.323 e. The molecule has 0 aliphatic rings. The van der Waals surface area contributed by atoms with Crippen LogP contribution in [0.1, 0.15) is 20.3 Å². The van der Waals surface area contributed by atoms with Gasteiger partial charge in [0.2, 0.25) is 0 Å². The van der Waals surface area contributed by atoms with Crippen molar-refractivity contribution in [2.24, 2.45) is 11.7 Å². The molecule has 0 aliphatic heterocycles. The zero-order valence-corrected chi connectivity index (χ0v) is 9.55. The molecule has 0 rings (SSSR count). The second-order valence-electron chi connectivity index (χ2n) is 3.16. The number of amides is 1. The third-order valence-corrected chi connectivity index (χ3v) is 1.45. The van der Waals surface area contributed by atoms with Gasteiger partial charge in [0.1, 0.15) is 6.04 Å². The summed E-state index contributed by atoms with van der Waals surface area (Å²) in [6.45, 7) is 4.42. The zero-order chi connectivity index (χ0) is 10.4. The van der Waals surface area contributed by atoms with Crippen LogP contribution in [0.4, 0.5) is 4.39 Å². The Morgan fingerprint density at radius 2 is 2.00 bits per heavy atom. The fourth-order valence-electron chi connectivity index (χ4n) is 0.900. The predicted octanol–water partition coefficient (Wildman–Crippen LogP) is 0.131. The van der Waals surface area contributed by atoms with Gasteiger partial charge in [0.15, 0.2) is 0 Å². The van der Waals surface area contributed by atoms with Crippen LogP contribution in [0, 0.1) is 12.5 Å². The van der Waals surface area contributed by atoms with Crippen molar-refractivity contribution in [1.82, 2.24) is 5.32 Å². The summed E-state index contributed by atoms with van der Waals surface area (Å²) in [5.41, 5.74) is 4.88. The first-order valence-electron chi connectivity index (χ1n) is 4.02. The van der Waals surface area contributed by atoms with Gasteiger partial charge in [-0.25, -0.2) is 6.54 Å². The molecule has 6 heteroatoms. The van der Waals surface area contributed by atoms with Crippen molar-refractivity contribution in [3.05, 3.63) is 6.54 Å². The van der Waals surface area contributed by atoms with Crippen molar-refractivity contribution < 1.29 is 32.5 Å². The van der Waals surface area contributed by atoms with Crippen molar-refractivity contribution in [2.45, 2.75) is 26.3 Å². The molecule has 0 aromatic carbocycles. The Morgan fingerprint density at radius 3 is 2.29 bits per heavy atom. The van der Waals surface area contributed by atoms with Gasteiger partial charge in [-0.15, -0.1) is 0 Å². The number of hydrogen-bond acceptors (Lipinski definition) is 3. The maximum atomic E-state index is 12.3. The van der Waals surface area contributed by atoms with E-state index in [9.17, 15) is 14.0 Å². The standard InChI is InChI=1S/C8H14FN2O2.V/c1-5(2)3-6(8(9)13)11-7(12)4-10;/h4-6H,3,10H2,1-2H3,(H,11,12);/q-1;. The van der Waals surface area contributed by atoms with Gasteiger partial charge in [0.25, 0.3) is 0 Å². The molecule has 1 radical (unpaired) electrons. The van der Waals surface area contributed by atoms with Crippen molar-refractivity contribution in [1.29, 1.82) is 0 Å². The van der Waals surface area contributed by atoms with Gasteiger partial charge in [-0.2, -0.15) is 4.39 Å². The molecule has 0 aliphatic carbocycles. The molecule has 0 aromatic rings. The van der Waals surface area contributed by atoms with E-state index in [0.717, 1.165) is 6.54 Å². The first-order valence-corrected chi connectivity index (χ1v) is 4.02. The Kier molecular flexibility index (Phi) is 8.93. The van der Waals surface area contributed by atoms with E-state index >= 15 is 0 Å². The number of carbonyl (C=O) groups excluding carboxylic acids is 2. The van der Waals surface area contributed by atoms with Gasteiger partial charge in [-0.1, -0.05) is 13.8 Å². The molecule has 0 saturated carbocycles. The van der Waals surface area contributed by atoms with Crippen LogP contribution >= 0.6 is 0 Å². The summed E-state index contributed by atoms with van der Waals surface area (Å²) in [7, 11) is 0. The molecule has 0 aromatic heterocycles. The van der Waals surface area contributed by atoms with E-state index in [4.69, 9.17) is 5.73 Å². The minimum absolute atomic E-state index is 0. The van der Waals surface area contributed by atoms with Gasteiger partial charge < -0.3 is 15.8 Å². The first-order chi connectivity index (χ1) is 5.97. The minimum Gasteiger partial charge on any atom is -0.460 e. The van der Waals surface area contributed by atoms with E-state index in [0.29, 0.717) is 0 Å². The zero-order valence-electron chi connectivity index (χ0n) is 8.16. The van der Waals surface area contributed by atoms with E-state index in [-0.39, 0.29) is 30.9 Å². The monoisotopic (exact) mass is 240 g/mol. The summed E-state index contributed by atoms with van der Waals surface area (Å²) in [5, 5.41) is 2.15. The van der Waals surface area contributed by atoms with Crippen molar-refractivity contribution in [2.75, 3.05) is 0 Å². The van der Waals surface area contributed by atoms with E-state index < -0.39 is 18.0 Å². The third-order valence-electron chi connectivity index (χ3n) is 1.45. The van der Waals surface area contributed by atoms with E-state index in [1.54, 1.807) is 0 Å². The number of rotatable bonds is 5. The van der Waals surface area contributed by atoms with Gasteiger partial charge in [-0.05, 0) is 12.3 Å². The third kappa shape index (κ3) is 6.94. The van der Waals surface area contributed by atoms with Gasteiger partial charge >= 0.3 is 6.04 Å².